The lowest BCUT2D eigenvalue weighted by Gasteiger charge is -2.34. The minimum absolute atomic E-state index is 0.0122. The standard InChI is InChI=1S/C22H36BrN3O3S/c1-4-16-25(2)17-6-5-7-18-29-22-14-12-21(13-15-22)26(3)30(27,28)24-20-10-8-19(23)9-11-20/h4,8-11,21-22,24H,1,5-7,12-18H2,2-3H3. The predicted octanol–water partition coefficient (Wildman–Crippen LogP) is 4.65. The van der Waals surface area contributed by atoms with Crippen molar-refractivity contribution in [2.75, 3.05) is 38.5 Å². The van der Waals surface area contributed by atoms with E-state index in [0.717, 1.165) is 56.3 Å². The second kappa shape index (κ2) is 12.8. The van der Waals surface area contributed by atoms with E-state index in [9.17, 15) is 8.42 Å². The highest BCUT2D eigenvalue weighted by Gasteiger charge is 2.30. The summed E-state index contributed by atoms with van der Waals surface area (Å²) in [7, 11) is 0.212. The number of hydrogen-bond donors (Lipinski definition) is 1. The molecule has 0 aromatic heterocycles. The molecule has 1 aromatic carbocycles. The number of rotatable bonds is 13. The average molecular weight is 503 g/mol. The van der Waals surface area contributed by atoms with Gasteiger partial charge in [-0.25, -0.2) is 0 Å². The predicted molar refractivity (Wildman–Crippen MR) is 128 cm³/mol. The van der Waals surface area contributed by atoms with Crippen molar-refractivity contribution in [1.82, 2.24) is 9.21 Å². The molecular weight excluding hydrogens is 466 g/mol. The SMILES string of the molecule is C=CCN(C)CCCCCOC1CCC(N(C)S(=O)(=O)Nc2ccc(Br)cc2)CC1. The maximum Gasteiger partial charge on any atom is 0.301 e. The van der Waals surface area contributed by atoms with E-state index in [1.165, 1.54) is 17.1 Å². The molecule has 1 aliphatic rings. The molecule has 0 atom stereocenters. The number of hydrogen-bond acceptors (Lipinski definition) is 4. The van der Waals surface area contributed by atoms with E-state index in [1.54, 1.807) is 19.2 Å². The largest absolute Gasteiger partial charge is 0.378 e. The molecule has 1 fully saturated rings. The first-order chi connectivity index (χ1) is 14.3. The van der Waals surface area contributed by atoms with Gasteiger partial charge in [0.25, 0.3) is 0 Å². The van der Waals surface area contributed by atoms with Gasteiger partial charge in [0.15, 0.2) is 0 Å². The zero-order valence-electron chi connectivity index (χ0n) is 18.2. The van der Waals surface area contributed by atoms with Crippen molar-refractivity contribution in [3.05, 3.63) is 41.4 Å². The first-order valence-corrected chi connectivity index (χ1v) is 13.0. The average Bonchev–Trinajstić information content (AvgIpc) is 2.72. The van der Waals surface area contributed by atoms with Crippen LogP contribution in [-0.2, 0) is 14.9 Å². The van der Waals surface area contributed by atoms with Gasteiger partial charge in [0, 0.05) is 36.4 Å². The van der Waals surface area contributed by atoms with Crippen LogP contribution in [0.25, 0.3) is 0 Å². The minimum atomic E-state index is -3.56. The van der Waals surface area contributed by atoms with E-state index in [2.05, 4.69) is 39.2 Å². The number of ether oxygens (including phenoxy) is 1. The van der Waals surface area contributed by atoms with Crippen molar-refractivity contribution in [3.63, 3.8) is 0 Å². The van der Waals surface area contributed by atoms with Gasteiger partial charge in [0.2, 0.25) is 0 Å². The molecule has 0 heterocycles. The van der Waals surface area contributed by atoms with Crippen molar-refractivity contribution in [2.24, 2.45) is 0 Å². The van der Waals surface area contributed by atoms with Crippen LogP contribution in [0.1, 0.15) is 44.9 Å². The lowest BCUT2D eigenvalue weighted by Crippen LogP contribution is -2.43. The Balaban J connectivity index is 1.65. The Hall–Kier alpha value is -0.930. The summed E-state index contributed by atoms with van der Waals surface area (Å²) in [5.41, 5.74) is 0.567. The molecule has 0 unspecified atom stereocenters. The molecule has 0 aliphatic heterocycles. The van der Waals surface area contributed by atoms with Crippen molar-refractivity contribution in [1.29, 1.82) is 0 Å². The van der Waals surface area contributed by atoms with Gasteiger partial charge >= 0.3 is 10.2 Å². The molecule has 0 radical (unpaired) electrons. The minimum Gasteiger partial charge on any atom is -0.378 e. The van der Waals surface area contributed by atoms with Gasteiger partial charge in [0.1, 0.15) is 0 Å². The Bertz CT molecular complexity index is 734. The lowest BCUT2D eigenvalue weighted by atomic mass is 9.93. The van der Waals surface area contributed by atoms with Gasteiger partial charge in [0.05, 0.1) is 6.10 Å². The molecule has 2 rings (SSSR count). The molecule has 0 bridgehead atoms. The van der Waals surface area contributed by atoms with E-state index < -0.39 is 10.2 Å². The third-order valence-corrected chi connectivity index (χ3v) is 7.69. The molecular formula is C22H36BrN3O3S. The van der Waals surface area contributed by atoms with Gasteiger partial charge in [-0.05, 0) is 82.8 Å². The van der Waals surface area contributed by atoms with Gasteiger partial charge in [-0.15, -0.1) is 6.58 Å². The Morgan fingerprint density at radius 3 is 2.43 bits per heavy atom. The van der Waals surface area contributed by atoms with E-state index in [-0.39, 0.29) is 12.1 Å². The quantitative estimate of drug-likeness (QED) is 0.315. The highest BCUT2D eigenvalue weighted by Crippen LogP contribution is 2.27. The molecule has 0 spiro atoms. The fraction of sp³-hybridized carbons (Fsp3) is 0.636. The summed E-state index contributed by atoms with van der Waals surface area (Å²) in [5, 5.41) is 0. The van der Waals surface area contributed by atoms with Crippen LogP contribution in [0.15, 0.2) is 41.4 Å². The Morgan fingerprint density at radius 2 is 1.80 bits per heavy atom. The van der Waals surface area contributed by atoms with Gasteiger partial charge in [-0.2, -0.15) is 12.7 Å². The number of halogens is 1. The first-order valence-electron chi connectivity index (χ1n) is 10.7. The first kappa shape index (κ1) is 25.3. The molecule has 1 aromatic rings. The zero-order chi connectivity index (χ0) is 22.0. The van der Waals surface area contributed by atoms with Crippen molar-refractivity contribution in [3.8, 4) is 0 Å². The summed E-state index contributed by atoms with van der Waals surface area (Å²) < 4.78 is 36.5. The summed E-state index contributed by atoms with van der Waals surface area (Å²) in [6, 6.07) is 7.15. The van der Waals surface area contributed by atoms with E-state index in [0.29, 0.717) is 5.69 Å². The van der Waals surface area contributed by atoms with Crippen molar-refractivity contribution < 1.29 is 13.2 Å². The Labute approximate surface area is 191 Å². The summed E-state index contributed by atoms with van der Waals surface area (Å²) in [6.45, 7) is 6.57. The van der Waals surface area contributed by atoms with E-state index >= 15 is 0 Å². The van der Waals surface area contributed by atoms with Gasteiger partial charge < -0.3 is 9.64 Å². The molecule has 30 heavy (non-hydrogen) atoms. The number of unbranched alkanes of at least 4 members (excludes halogenated alkanes) is 2. The van der Waals surface area contributed by atoms with Crippen LogP contribution in [0.3, 0.4) is 0 Å². The molecule has 6 nitrogen and oxygen atoms in total. The van der Waals surface area contributed by atoms with Crippen LogP contribution < -0.4 is 4.72 Å². The normalized spacial score (nSPS) is 19.9. The molecule has 170 valence electrons. The van der Waals surface area contributed by atoms with Gasteiger partial charge in [-0.3, -0.25) is 4.72 Å². The van der Waals surface area contributed by atoms with E-state index in [4.69, 9.17) is 4.74 Å². The second-order valence-electron chi connectivity index (χ2n) is 8.04. The summed E-state index contributed by atoms with van der Waals surface area (Å²) in [5.74, 6) is 0. The molecule has 1 N–H and O–H groups in total. The molecule has 1 aliphatic carbocycles. The third-order valence-electron chi connectivity index (χ3n) is 5.61. The molecule has 0 amide bonds. The van der Waals surface area contributed by atoms with Crippen LogP contribution >= 0.6 is 15.9 Å². The Kier molecular flexibility index (Phi) is 10.8. The highest BCUT2D eigenvalue weighted by atomic mass is 79.9. The third kappa shape index (κ3) is 8.67. The van der Waals surface area contributed by atoms with Crippen molar-refractivity contribution in [2.45, 2.75) is 57.1 Å². The van der Waals surface area contributed by atoms with Crippen LogP contribution in [0, 0.1) is 0 Å². The number of benzene rings is 1. The van der Waals surface area contributed by atoms with E-state index in [1.807, 2.05) is 18.2 Å². The summed E-state index contributed by atoms with van der Waals surface area (Å²) >= 11 is 3.36. The summed E-state index contributed by atoms with van der Waals surface area (Å²) in [6.07, 6.45) is 9.07. The Morgan fingerprint density at radius 1 is 1.13 bits per heavy atom. The molecule has 0 saturated heterocycles. The number of likely N-dealkylation sites (N-methyl/N-ethyl adjacent to an activating group) is 1. The maximum absolute atomic E-state index is 12.7. The lowest BCUT2D eigenvalue weighted by molar-refractivity contribution is 0.0156. The van der Waals surface area contributed by atoms with Crippen LogP contribution in [0.5, 0.6) is 0 Å². The molecule has 1 saturated carbocycles. The molecule has 8 heteroatoms. The fourth-order valence-corrected chi connectivity index (χ4v) is 5.18. The van der Waals surface area contributed by atoms with Crippen LogP contribution in [0.2, 0.25) is 0 Å². The zero-order valence-corrected chi connectivity index (χ0v) is 20.6. The van der Waals surface area contributed by atoms with Crippen LogP contribution in [0.4, 0.5) is 5.69 Å². The fourth-order valence-electron chi connectivity index (χ4n) is 3.73. The number of anilines is 1. The van der Waals surface area contributed by atoms with Gasteiger partial charge in [-0.1, -0.05) is 22.0 Å². The summed E-state index contributed by atoms with van der Waals surface area (Å²) in [4.78, 5) is 2.27. The number of nitrogens with zero attached hydrogens (tertiary/aromatic N) is 2. The monoisotopic (exact) mass is 501 g/mol. The van der Waals surface area contributed by atoms with Crippen LogP contribution in [-0.4, -0.2) is 63.6 Å². The second-order valence-corrected chi connectivity index (χ2v) is 10.7. The topological polar surface area (TPSA) is 61.9 Å². The van der Waals surface area contributed by atoms with Crippen molar-refractivity contribution >= 4 is 31.8 Å². The maximum atomic E-state index is 12.7. The highest BCUT2D eigenvalue weighted by molar-refractivity contribution is 9.10. The smallest absolute Gasteiger partial charge is 0.301 e. The number of nitrogens with one attached hydrogen (secondary N) is 1.